The maximum absolute atomic E-state index is 13.3. The van der Waals surface area contributed by atoms with E-state index in [0.717, 1.165) is 29.6 Å². The first-order valence-electron chi connectivity index (χ1n) is 13.3. The SMILES string of the molecule is O=C(O)c1ccc2c(c1)CCC[C@]2(O)c1ncc(-c2cc(Nc3ccccc3)cc(Nc3cc(C(F)(F)F)ccn3)n2)s1. The largest absolute Gasteiger partial charge is 0.478 e. The van der Waals surface area contributed by atoms with Gasteiger partial charge in [0.15, 0.2) is 0 Å². The summed E-state index contributed by atoms with van der Waals surface area (Å²) in [6.45, 7) is 0. The molecule has 4 N–H and O–H groups in total. The highest BCUT2D eigenvalue weighted by Gasteiger charge is 2.39. The number of nitrogens with one attached hydrogen (secondary N) is 2. The van der Waals surface area contributed by atoms with Gasteiger partial charge in [-0.1, -0.05) is 24.3 Å². The molecule has 3 aromatic heterocycles. The summed E-state index contributed by atoms with van der Waals surface area (Å²) in [6.07, 6.45) is -0.148. The fourth-order valence-electron chi connectivity index (χ4n) is 5.10. The molecular weight excluding hydrogens is 579 g/mol. The van der Waals surface area contributed by atoms with Crippen LogP contribution in [0.15, 0.2) is 85.2 Å². The van der Waals surface area contributed by atoms with Crippen LogP contribution in [0.25, 0.3) is 10.6 Å². The highest BCUT2D eigenvalue weighted by Crippen LogP contribution is 2.44. The number of nitrogens with zero attached hydrogens (tertiary/aromatic N) is 3. The van der Waals surface area contributed by atoms with Gasteiger partial charge in [-0.25, -0.2) is 19.7 Å². The summed E-state index contributed by atoms with van der Waals surface area (Å²) < 4.78 is 39.9. The molecule has 0 saturated carbocycles. The summed E-state index contributed by atoms with van der Waals surface area (Å²) >= 11 is 1.24. The smallest absolute Gasteiger partial charge is 0.416 e. The average Bonchev–Trinajstić information content (AvgIpc) is 3.49. The molecule has 3 heterocycles. The van der Waals surface area contributed by atoms with E-state index in [9.17, 15) is 28.2 Å². The van der Waals surface area contributed by atoms with Crippen molar-refractivity contribution in [2.75, 3.05) is 10.6 Å². The summed E-state index contributed by atoms with van der Waals surface area (Å²) in [7, 11) is 0. The van der Waals surface area contributed by atoms with Crippen LogP contribution in [0.2, 0.25) is 0 Å². The highest BCUT2D eigenvalue weighted by molar-refractivity contribution is 7.15. The molecule has 0 radical (unpaired) electrons. The van der Waals surface area contributed by atoms with Crippen LogP contribution in [0, 0.1) is 0 Å². The van der Waals surface area contributed by atoms with Crippen molar-refractivity contribution >= 4 is 40.3 Å². The number of aliphatic hydroxyl groups is 1. The van der Waals surface area contributed by atoms with Gasteiger partial charge in [-0.05, 0) is 72.9 Å². The lowest BCUT2D eigenvalue weighted by molar-refractivity contribution is -0.137. The van der Waals surface area contributed by atoms with Crippen LogP contribution in [0.3, 0.4) is 0 Å². The number of thiazole rings is 1. The first-order chi connectivity index (χ1) is 20.6. The van der Waals surface area contributed by atoms with Crippen LogP contribution in [-0.2, 0) is 18.2 Å². The summed E-state index contributed by atoms with van der Waals surface area (Å²) in [5, 5.41) is 27.8. The van der Waals surface area contributed by atoms with Crippen molar-refractivity contribution < 1.29 is 28.2 Å². The van der Waals surface area contributed by atoms with Gasteiger partial charge in [-0.3, -0.25) is 0 Å². The zero-order chi connectivity index (χ0) is 30.2. The number of anilines is 4. The molecule has 218 valence electrons. The molecule has 0 unspecified atom stereocenters. The molecule has 0 spiro atoms. The second-order valence-corrected chi connectivity index (χ2v) is 11.1. The maximum atomic E-state index is 13.3. The third-order valence-electron chi connectivity index (χ3n) is 7.13. The number of carbonyl (C=O) groups is 1. The summed E-state index contributed by atoms with van der Waals surface area (Å²) in [4.78, 5) is 25.3. The molecule has 43 heavy (non-hydrogen) atoms. The maximum Gasteiger partial charge on any atom is 0.416 e. The van der Waals surface area contributed by atoms with Gasteiger partial charge in [-0.15, -0.1) is 11.3 Å². The normalized spacial score (nSPS) is 16.4. The van der Waals surface area contributed by atoms with Gasteiger partial charge in [0.1, 0.15) is 22.2 Å². The molecule has 1 atom stereocenters. The number of pyridine rings is 2. The Morgan fingerprint density at radius 2 is 1.74 bits per heavy atom. The predicted molar refractivity (Wildman–Crippen MR) is 157 cm³/mol. The zero-order valence-electron chi connectivity index (χ0n) is 22.4. The molecule has 12 heteroatoms. The van der Waals surface area contributed by atoms with E-state index < -0.39 is 23.3 Å². The van der Waals surface area contributed by atoms with E-state index in [2.05, 4.69) is 25.6 Å². The number of para-hydroxylation sites is 1. The third-order valence-corrected chi connectivity index (χ3v) is 8.30. The van der Waals surface area contributed by atoms with E-state index >= 15 is 0 Å². The number of hydrogen-bond donors (Lipinski definition) is 4. The number of fused-ring (bicyclic) bond motifs is 1. The Kier molecular flexibility index (Phi) is 7.32. The van der Waals surface area contributed by atoms with E-state index in [1.165, 1.54) is 17.4 Å². The van der Waals surface area contributed by atoms with Gasteiger partial charge in [-0.2, -0.15) is 13.2 Å². The first kappa shape index (κ1) is 28.3. The standard InChI is InChI=1S/C31H24F3N5O3S/c32-31(33,34)20-10-12-35-26(14-20)39-27-16-22(37-21-6-2-1-3-7-21)15-24(38-27)25-17-36-29(43-25)30(42)11-4-5-18-13-19(28(40)41)8-9-23(18)30/h1-3,6-10,12-17,42H,4-5,11H2,(H,40,41)(H2,35,37,38,39)/t30-/m1/s1. The molecule has 5 aromatic rings. The van der Waals surface area contributed by atoms with E-state index in [-0.39, 0.29) is 17.2 Å². The number of rotatable bonds is 7. The lowest BCUT2D eigenvalue weighted by atomic mass is 9.79. The second kappa shape index (κ2) is 11.1. The van der Waals surface area contributed by atoms with Crippen molar-refractivity contribution in [3.63, 3.8) is 0 Å². The lowest BCUT2D eigenvalue weighted by Crippen LogP contribution is -2.32. The molecule has 0 aliphatic heterocycles. The van der Waals surface area contributed by atoms with Crippen LogP contribution in [0.1, 0.15) is 44.9 Å². The molecule has 1 aliphatic rings. The number of carboxylic acids is 1. The Labute approximate surface area is 247 Å². The van der Waals surface area contributed by atoms with Gasteiger partial charge in [0.05, 0.1) is 21.7 Å². The highest BCUT2D eigenvalue weighted by atomic mass is 32.1. The fraction of sp³-hybridized carbons (Fsp3) is 0.161. The number of alkyl halides is 3. The molecule has 0 bridgehead atoms. The topological polar surface area (TPSA) is 120 Å². The quantitative estimate of drug-likeness (QED) is 0.152. The second-order valence-electron chi connectivity index (χ2n) is 10.1. The van der Waals surface area contributed by atoms with Gasteiger partial charge < -0.3 is 20.8 Å². The molecule has 2 aromatic carbocycles. The minimum Gasteiger partial charge on any atom is -0.478 e. The summed E-state index contributed by atoms with van der Waals surface area (Å²) in [5.41, 5.74) is 1.17. The Bertz CT molecular complexity index is 1810. The van der Waals surface area contributed by atoms with Crippen molar-refractivity contribution in [1.29, 1.82) is 0 Å². The van der Waals surface area contributed by atoms with E-state index in [4.69, 9.17) is 0 Å². The van der Waals surface area contributed by atoms with Crippen LogP contribution < -0.4 is 10.6 Å². The third kappa shape index (κ3) is 5.92. The molecule has 8 nitrogen and oxygen atoms in total. The van der Waals surface area contributed by atoms with Crippen LogP contribution >= 0.6 is 11.3 Å². The molecule has 0 amide bonds. The van der Waals surface area contributed by atoms with Crippen molar-refractivity contribution in [3.8, 4) is 10.6 Å². The zero-order valence-corrected chi connectivity index (χ0v) is 23.2. The van der Waals surface area contributed by atoms with Crippen LogP contribution in [-0.4, -0.2) is 31.1 Å². The Balaban J connectivity index is 1.37. The number of benzene rings is 2. The number of aromatic nitrogens is 3. The number of hydrogen-bond acceptors (Lipinski definition) is 8. The van der Waals surface area contributed by atoms with Gasteiger partial charge in [0.25, 0.3) is 0 Å². The Morgan fingerprint density at radius 1 is 0.930 bits per heavy atom. The molecule has 6 rings (SSSR count). The predicted octanol–water partition coefficient (Wildman–Crippen LogP) is 7.38. The number of aromatic carboxylic acids is 1. The molecule has 0 fully saturated rings. The number of carboxylic acid groups (broad SMARTS) is 1. The van der Waals surface area contributed by atoms with Gasteiger partial charge in [0, 0.05) is 29.8 Å². The van der Waals surface area contributed by atoms with E-state index in [0.29, 0.717) is 46.1 Å². The monoisotopic (exact) mass is 603 g/mol. The Hall–Kier alpha value is -4.81. The van der Waals surface area contributed by atoms with Crippen LogP contribution in [0.4, 0.5) is 36.2 Å². The summed E-state index contributed by atoms with van der Waals surface area (Å²) in [6, 6.07) is 19.3. The lowest BCUT2D eigenvalue weighted by Gasteiger charge is -2.33. The Morgan fingerprint density at radius 3 is 2.51 bits per heavy atom. The van der Waals surface area contributed by atoms with Crippen molar-refractivity contribution in [2.24, 2.45) is 0 Å². The van der Waals surface area contributed by atoms with E-state index in [1.807, 2.05) is 30.3 Å². The molecule has 1 aliphatic carbocycles. The van der Waals surface area contributed by atoms with Gasteiger partial charge in [0.2, 0.25) is 0 Å². The molecule has 0 saturated heterocycles. The number of aryl methyl sites for hydroxylation is 1. The van der Waals surface area contributed by atoms with E-state index in [1.54, 1.807) is 30.5 Å². The number of halogens is 3. The molecular formula is C31H24F3N5O3S. The average molecular weight is 604 g/mol. The van der Waals surface area contributed by atoms with Crippen LogP contribution in [0.5, 0.6) is 0 Å². The first-order valence-corrected chi connectivity index (χ1v) is 14.1. The van der Waals surface area contributed by atoms with Gasteiger partial charge >= 0.3 is 12.1 Å². The summed E-state index contributed by atoms with van der Waals surface area (Å²) in [5.74, 6) is -0.808. The fourth-order valence-corrected chi connectivity index (χ4v) is 6.11. The van der Waals surface area contributed by atoms with Crippen molar-refractivity contribution in [2.45, 2.75) is 31.0 Å². The minimum atomic E-state index is -4.53. The minimum absolute atomic E-state index is 0.0241. The van der Waals surface area contributed by atoms with Crippen molar-refractivity contribution in [3.05, 3.63) is 112 Å². The van der Waals surface area contributed by atoms with Crippen molar-refractivity contribution in [1.82, 2.24) is 15.0 Å².